The third kappa shape index (κ3) is 2.93. The first-order valence-electron chi connectivity index (χ1n) is 7.67. The molecule has 1 heterocycles. The van der Waals surface area contributed by atoms with E-state index in [0.29, 0.717) is 12.8 Å². The summed E-state index contributed by atoms with van der Waals surface area (Å²) in [5, 5.41) is 2.26. The van der Waals surface area contributed by atoms with E-state index in [0.717, 1.165) is 0 Å². The number of imide groups is 1. The molecule has 2 unspecified atom stereocenters. The van der Waals surface area contributed by atoms with Crippen molar-refractivity contribution in [3.05, 3.63) is 35.1 Å². The van der Waals surface area contributed by atoms with Crippen LogP contribution in [0, 0.1) is 17.7 Å². The number of amides is 2. The van der Waals surface area contributed by atoms with Gasteiger partial charge in [0.15, 0.2) is 11.6 Å². The van der Waals surface area contributed by atoms with Gasteiger partial charge in [-0.05, 0) is 25.3 Å². The van der Waals surface area contributed by atoms with Crippen molar-refractivity contribution in [2.24, 2.45) is 11.8 Å². The minimum Gasteiger partial charge on any atom is -0.296 e. The molecule has 23 heavy (non-hydrogen) atoms. The lowest BCUT2D eigenvalue weighted by molar-refractivity contribution is -0.136. The Morgan fingerprint density at radius 2 is 1.78 bits per heavy atom. The molecule has 1 aromatic rings. The Bertz CT molecular complexity index is 713. The molecule has 0 spiro atoms. The quantitative estimate of drug-likeness (QED) is 0.668. The van der Waals surface area contributed by atoms with Gasteiger partial charge in [-0.3, -0.25) is 24.5 Å². The van der Waals surface area contributed by atoms with Crippen LogP contribution in [0.3, 0.4) is 0 Å². The Kier molecular flexibility index (Phi) is 4.07. The molecule has 3 rings (SSSR count). The van der Waals surface area contributed by atoms with E-state index in [9.17, 15) is 23.6 Å². The first kappa shape index (κ1) is 15.5. The van der Waals surface area contributed by atoms with Crippen LogP contribution in [-0.4, -0.2) is 23.4 Å². The van der Waals surface area contributed by atoms with Crippen molar-refractivity contribution in [1.82, 2.24) is 5.32 Å². The van der Waals surface area contributed by atoms with Crippen molar-refractivity contribution >= 4 is 23.4 Å². The Morgan fingerprint density at radius 1 is 1.04 bits per heavy atom. The smallest absolute Gasteiger partial charge is 0.229 e. The van der Waals surface area contributed by atoms with Crippen LogP contribution >= 0.6 is 0 Å². The van der Waals surface area contributed by atoms with Gasteiger partial charge in [0, 0.05) is 30.2 Å². The van der Waals surface area contributed by atoms with E-state index in [2.05, 4.69) is 5.32 Å². The standard InChI is InChI=1S/C17H16FNO4/c18-12-3-1-2-11-13(20)6-4-9(16(22)15(11)12)8-10-5-7-14(21)19-17(10)23/h1-3,9-10H,4-8H2,(H,19,21,23). The summed E-state index contributed by atoms with van der Waals surface area (Å²) in [5.74, 6) is -3.11. The van der Waals surface area contributed by atoms with Gasteiger partial charge in [0.1, 0.15) is 5.82 Å². The Labute approximate surface area is 132 Å². The SMILES string of the molecule is O=C1CCC(CC2CCC(=O)c3cccc(F)c3C2=O)C(=O)N1. The molecule has 2 amide bonds. The second-order valence-corrected chi connectivity index (χ2v) is 6.07. The number of halogens is 1. The molecule has 2 atom stereocenters. The molecular weight excluding hydrogens is 301 g/mol. The molecule has 1 aliphatic heterocycles. The topological polar surface area (TPSA) is 80.3 Å². The van der Waals surface area contributed by atoms with Crippen molar-refractivity contribution in [3.63, 3.8) is 0 Å². The van der Waals surface area contributed by atoms with E-state index >= 15 is 0 Å². The predicted molar refractivity (Wildman–Crippen MR) is 78.3 cm³/mol. The summed E-state index contributed by atoms with van der Waals surface area (Å²) in [6.07, 6.45) is 1.30. The van der Waals surface area contributed by atoms with Gasteiger partial charge in [-0.25, -0.2) is 4.39 Å². The molecule has 0 aromatic heterocycles. The fourth-order valence-corrected chi connectivity index (χ4v) is 3.31. The van der Waals surface area contributed by atoms with E-state index in [1.165, 1.54) is 18.2 Å². The van der Waals surface area contributed by atoms with Crippen LogP contribution in [0.4, 0.5) is 4.39 Å². The summed E-state index contributed by atoms with van der Waals surface area (Å²) in [4.78, 5) is 47.8. The highest BCUT2D eigenvalue weighted by Crippen LogP contribution is 2.32. The number of nitrogens with one attached hydrogen (secondary N) is 1. The molecule has 1 N–H and O–H groups in total. The van der Waals surface area contributed by atoms with Crippen LogP contribution in [0.25, 0.3) is 0 Å². The highest BCUT2D eigenvalue weighted by Gasteiger charge is 2.36. The van der Waals surface area contributed by atoms with Crippen LogP contribution < -0.4 is 5.32 Å². The Morgan fingerprint density at radius 3 is 2.52 bits per heavy atom. The number of rotatable bonds is 2. The van der Waals surface area contributed by atoms with Crippen molar-refractivity contribution in [3.8, 4) is 0 Å². The first-order chi connectivity index (χ1) is 11.0. The molecule has 0 bridgehead atoms. The third-order valence-corrected chi connectivity index (χ3v) is 4.57. The summed E-state index contributed by atoms with van der Waals surface area (Å²) in [6.45, 7) is 0. The van der Waals surface area contributed by atoms with E-state index < -0.39 is 29.3 Å². The molecule has 1 aliphatic carbocycles. The zero-order valence-corrected chi connectivity index (χ0v) is 12.4. The van der Waals surface area contributed by atoms with E-state index in [1.54, 1.807) is 0 Å². The van der Waals surface area contributed by atoms with Gasteiger partial charge in [0.05, 0.1) is 5.56 Å². The largest absolute Gasteiger partial charge is 0.296 e. The molecule has 0 radical (unpaired) electrons. The number of piperidine rings is 1. The number of hydrogen-bond donors (Lipinski definition) is 1. The lowest BCUT2D eigenvalue weighted by Crippen LogP contribution is -2.41. The van der Waals surface area contributed by atoms with E-state index in [-0.39, 0.29) is 42.1 Å². The number of ketones is 2. The number of Topliss-reactive ketones (excluding diaryl/α,β-unsaturated/α-hetero) is 2. The van der Waals surface area contributed by atoms with Crippen LogP contribution in [0.1, 0.15) is 52.8 Å². The summed E-state index contributed by atoms with van der Waals surface area (Å²) in [5.41, 5.74) is -0.0342. The first-order valence-corrected chi connectivity index (χ1v) is 7.67. The van der Waals surface area contributed by atoms with Crippen LogP contribution in [0.5, 0.6) is 0 Å². The number of benzene rings is 1. The maximum atomic E-state index is 14.1. The van der Waals surface area contributed by atoms with Gasteiger partial charge in [-0.2, -0.15) is 0 Å². The molecule has 2 aliphatic rings. The van der Waals surface area contributed by atoms with Crippen LogP contribution in [0.15, 0.2) is 18.2 Å². The fourth-order valence-electron chi connectivity index (χ4n) is 3.31. The number of carbonyl (C=O) groups excluding carboxylic acids is 4. The van der Waals surface area contributed by atoms with Gasteiger partial charge in [-0.1, -0.05) is 12.1 Å². The molecule has 1 fully saturated rings. The monoisotopic (exact) mass is 317 g/mol. The maximum Gasteiger partial charge on any atom is 0.229 e. The predicted octanol–water partition coefficient (Wildman–Crippen LogP) is 2.04. The minimum atomic E-state index is -0.698. The molecule has 0 saturated carbocycles. The van der Waals surface area contributed by atoms with Gasteiger partial charge >= 0.3 is 0 Å². The number of carbonyl (C=O) groups is 4. The van der Waals surface area contributed by atoms with E-state index in [4.69, 9.17) is 0 Å². The zero-order chi connectivity index (χ0) is 16.6. The van der Waals surface area contributed by atoms with Crippen molar-refractivity contribution in [2.45, 2.75) is 32.1 Å². The number of hydrogen-bond acceptors (Lipinski definition) is 4. The lowest BCUT2D eigenvalue weighted by Gasteiger charge is -2.24. The highest BCUT2D eigenvalue weighted by molar-refractivity contribution is 6.11. The normalized spacial score (nSPS) is 24.9. The van der Waals surface area contributed by atoms with Crippen LogP contribution in [-0.2, 0) is 9.59 Å². The fraction of sp³-hybridized carbons (Fsp3) is 0.412. The molecule has 6 heteroatoms. The molecule has 1 aromatic carbocycles. The molecule has 120 valence electrons. The third-order valence-electron chi connectivity index (χ3n) is 4.57. The Balaban J connectivity index is 1.86. The minimum absolute atomic E-state index is 0.126. The summed E-state index contributed by atoms with van der Waals surface area (Å²) < 4.78 is 14.1. The van der Waals surface area contributed by atoms with Crippen molar-refractivity contribution in [1.29, 1.82) is 0 Å². The summed E-state index contributed by atoms with van der Waals surface area (Å²) >= 11 is 0. The molecule has 1 saturated heterocycles. The second-order valence-electron chi connectivity index (χ2n) is 6.07. The summed E-state index contributed by atoms with van der Waals surface area (Å²) in [7, 11) is 0. The lowest BCUT2D eigenvalue weighted by atomic mass is 9.83. The molecule has 5 nitrogen and oxygen atoms in total. The molecular formula is C17H16FNO4. The van der Waals surface area contributed by atoms with Gasteiger partial charge in [-0.15, -0.1) is 0 Å². The summed E-state index contributed by atoms with van der Waals surface area (Å²) in [6, 6.07) is 4.05. The van der Waals surface area contributed by atoms with Gasteiger partial charge < -0.3 is 0 Å². The van der Waals surface area contributed by atoms with Crippen molar-refractivity contribution in [2.75, 3.05) is 0 Å². The average molecular weight is 317 g/mol. The highest BCUT2D eigenvalue weighted by atomic mass is 19.1. The maximum absolute atomic E-state index is 14.1. The van der Waals surface area contributed by atoms with Gasteiger partial charge in [0.2, 0.25) is 11.8 Å². The Hall–Kier alpha value is -2.37. The van der Waals surface area contributed by atoms with E-state index in [1.807, 2.05) is 0 Å². The average Bonchev–Trinajstić information content (AvgIpc) is 2.62. The second kappa shape index (κ2) is 6.02. The number of fused-ring (bicyclic) bond motifs is 1. The zero-order valence-electron chi connectivity index (χ0n) is 12.4. The van der Waals surface area contributed by atoms with Crippen LogP contribution in [0.2, 0.25) is 0 Å². The van der Waals surface area contributed by atoms with Gasteiger partial charge in [0.25, 0.3) is 0 Å². The van der Waals surface area contributed by atoms with Crippen molar-refractivity contribution < 1.29 is 23.6 Å².